The molecule has 2 rings (SSSR count). The maximum absolute atomic E-state index is 6.04. The fourth-order valence-electron chi connectivity index (χ4n) is 1.28. The molecule has 3 N–H and O–H groups in total. The predicted octanol–water partition coefficient (Wildman–Crippen LogP) is 2.65. The molecule has 6 heteroatoms. The van der Waals surface area contributed by atoms with Crippen LogP contribution < -0.4 is 11.1 Å². The number of nitrogens with one attached hydrogen (secondary N) is 1. The van der Waals surface area contributed by atoms with E-state index in [0.717, 1.165) is 11.3 Å². The maximum Gasteiger partial charge on any atom is 0.181 e. The van der Waals surface area contributed by atoms with Crippen LogP contribution in [0.5, 0.6) is 0 Å². The number of aromatic nitrogens is 1. The van der Waals surface area contributed by atoms with Crippen LogP contribution in [0.3, 0.4) is 0 Å². The molecule has 82 valence electrons. The minimum atomic E-state index is 0.200. The maximum atomic E-state index is 6.04. The van der Waals surface area contributed by atoms with Crippen molar-refractivity contribution in [3.05, 3.63) is 35.8 Å². The van der Waals surface area contributed by atoms with Gasteiger partial charge >= 0.3 is 0 Å². The molecule has 0 fully saturated rings. The molecule has 2 aromatic rings. The van der Waals surface area contributed by atoms with Crippen molar-refractivity contribution in [2.45, 2.75) is 0 Å². The number of anilines is 1. The highest BCUT2D eigenvalue weighted by Gasteiger charge is 2.08. The van der Waals surface area contributed by atoms with Crippen molar-refractivity contribution < 1.29 is 4.42 Å². The van der Waals surface area contributed by atoms with Gasteiger partial charge in [0.1, 0.15) is 0 Å². The van der Waals surface area contributed by atoms with E-state index >= 15 is 0 Å². The summed E-state index contributed by atoms with van der Waals surface area (Å²) >= 11 is 10.8. The summed E-state index contributed by atoms with van der Waals surface area (Å²) in [5, 5.41) is 3.60. The summed E-state index contributed by atoms with van der Waals surface area (Å²) in [6.45, 7) is 0. The summed E-state index contributed by atoms with van der Waals surface area (Å²) in [5.41, 5.74) is 6.87. The molecule has 4 nitrogen and oxygen atoms in total. The van der Waals surface area contributed by atoms with Gasteiger partial charge in [0.15, 0.2) is 17.3 Å². The average molecular weight is 254 g/mol. The predicted molar refractivity (Wildman–Crippen MR) is 67.4 cm³/mol. The number of hydrogen-bond donors (Lipinski definition) is 2. The Morgan fingerprint density at radius 2 is 2.31 bits per heavy atom. The van der Waals surface area contributed by atoms with Crippen LogP contribution in [0.2, 0.25) is 5.02 Å². The summed E-state index contributed by atoms with van der Waals surface area (Å²) in [7, 11) is 0. The van der Waals surface area contributed by atoms with Crippen molar-refractivity contribution in [1.29, 1.82) is 0 Å². The van der Waals surface area contributed by atoms with E-state index in [-0.39, 0.29) is 5.11 Å². The number of nitrogens with zero attached hydrogens (tertiary/aromatic N) is 1. The number of hydrogen-bond acceptors (Lipinski definition) is 3. The molecule has 0 bridgehead atoms. The lowest BCUT2D eigenvalue weighted by Gasteiger charge is -2.06. The van der Waals surface area contributed by atoms with Crippen LogP contribution in [0.25, 0.3) is 11.3 Å². The molecule has 1 aromatic heterocycles. The minimum absolute atomic E-state index is 0.200. The fraction of sp³-hybridized carbons (Fsp3) is 0. The first-order valence-electron chi connectivity index (χ1n) is 4.41. The molecule has 0 saturated heterocycles. The van der Waals surface area contributed by atoms with Crippen molar-refractivity contribution in [1.82, 2.24) is 4.98 Å². The smallest absolute Gasteiger partial charge is 0.181 e. The van der Waals surface area contributed by atoms with Crippen LogP contribution in [-0.4, -0.2) is 10.1 Å². The van der Waals surface area contributed by atoms with Gasteiger partial charge in [-0.05, 0) is 30.4 Å². The second kappa shape index (κ2) is 4.51. The molecule has 0 aliphatic carbocycles. The Morgan fingerprint density at radius 3 is 2.94 bits per heavy atom. The van der Waals surface area contributed by atoms with Crippen LogP contribution >= 0.6 is 23.8 Å². The second-order valence-corrected chi connectivity index (χ2v) is 3.90. The number of nitrogens with two attached hydrogens (primary N) is 1. The van der Waals surface area contributed by atoms with Gasteiger partial charge in [0, 0.05) is 11.3 Å². The summed E-state index contributed by atoms with van der Waals surface area (Å²) in [4.78, 5) is 3.83. The lowest BCUT2D eigenvalue weighted by molar-refractivity contribution is 0.572. The Morgan fingerprint density at radius 1 is 1.50 bits per heavy atom. The monoisotopic (exact) mass is 253 g/mol. The molecular formula is C10H8ClN3OS. The van der Waals surface area contributed by atoms with Gasteiger partial charge in [-0.25, -0.2) is 4.98 Å². The van der Waals surface area contributed by atoms with Gasteiger partial charge < -0.3 is 15.5 Å². The summed E-state index contributed by atoms with van der Waals surface area (Å²) < 4.78 is 5.17. The largest absolute Gasteiger partial charge is 0.443 e. The van der Waals surface area contributed by atoms with Gasteiger partial charge in [-0.15, -0.1) is 0 Å². The van der Waals surface area contributed by atoms with E-state index in [1.807, 2.05) is 0 Å². The molecule has 0 amide bonds. The summed E-state index contributed by atoms with van der Waals surface area (Å²) in [6.07, 6.45) is 2.94. The zero-order valence-corrected chi connectivity index (χ0v) is 9.68. The molecule has 0 atom stereocenters. The standard InChI is InChI=1S/C10H8ClN3OS/c11-8-2-1-6(14-10(12)16)3-7(8)9-4-13-5-15-9/h1-5H,(H3,12,14,16). The highest BCUT2D eigenvalue weighted by Crippen LogP contribution is 2.30. The van der Waals surface area contributed by atoms with E-state index in [1.54, 1.807) is 24.4 Å². The van der Waals surface area contributed by atoms with Crippen LogP contribution in [0, 0.1) is 0 Å². The molecule has 0 aliphatic rings. The number of oxazole rings is 1. The fourth-order valence-corrected chi connectivity index (χ4v) is 1.61. The van der Waals surface area contributed by atoms with E-state index in [4.69, 9.17) is 34.0 Å². The van der Waals surface area contributed by atoms with E-state index < -0.39 is 0 Å². The third-order valence-electron chi connectivity index (χ3n) is 1.93. The zero-order chi connectivity index (χ0) is 11.5. The number of halogens is 1. The molecule has 1 heterocycles. The first kappa shape index (κ1) is 10.9. The Balaban J connectivity index is 2.41. The summed E-state index contributed by atoms with van der Waals surface area (Å²) in [5.74, 6) is 0.594. The lowest BCUT2D eigenvalue weighted by Crippen LogP contribution is -2.18. The molecule has 0 aliphatic heterocycles. The second-order valence-electron chi connectivity index (χ2n) is 3.05. The van der Waals surface area contributed by atoms with Crippen molar-refractivity contribution in [2.75, 3.05) is 5.32 Å². The SMILES string of the molecule is NC(=S)Nc1ccc(Cl)c(-c2cnco2)c1. The van der Waals surface area contributed by atoms with E-state index in [2.05, 4.69) is 10.3 Å². The Hall–Kier alpha value is -1.59. The average Bonchev–Trinajstić information content (AvgIpc) is 2.73. The van der Waals surface area contributed by atoms with Crippen molar-refractivity contribution in [2.24, 2.45) is 5.73 Å². The molecule has 0 spiro atoms. The summed E-state index contributed by atoms with van der Waals surface area (Å²) in [6, 6.07) is 5.31. The molecule has 1 aromatic carbocycles. The van der Waals surface area contributed by atoms with E-state index in [0.29, 0.717) is 10.8 Å². The molecule has 16 heavy (non-hydrogen) atoms. The van der Waals surface area contributed by atoms with Gasteiger partial charge in [-0.2, -0.15) is 0 Å². The van der Waals surface area contributed by atoms with Crippen LogP contribution in [-0.2, 0) is 0 Å². The first-order valence-corrected chi connectivity index (χ1v) is 5.20. The van der Waals surface area contributed by atoms with E-state index in [1.165, 1.54) is 6.39 Å². The van der Waals surface area contributed by atoms with Crippen molar-refractivity contribution in [3.63, 3.8) is 0 Å². The molecule has 0 saturated carbocycles. The van der Waals surface area contributed by atoms with Gasteiger partial charge in [0.25, 0.3) is 0 Å². The Bertz CT molecular complexity index is 513. The molecule has 0 unspecified atom stereocenters. The number of thiocarbonyl (C=S) groups is 1. The van der Waals surface area contributed by atoms with Crippen LogP contribution in [0.4, 0.5) is 5.69 Å². The van der Waals surface area contributed by atoms with Crippen molar-refractivity contribution in [3.8, 4) is 11.3 Å². The topological polar surface area (TPSA) is 64.1 Å². The Kier molecular flexibility index (Phi) is 3.07. The number of benzene rings is 1. The van der Waals surface area contributed by atoms with Gasteiger partial charge in [0.05, 0.1) is 11.2 Å². The molecule has 0 radical (unpaired) electrons. The highest BCUT2D eigenvalue weighted by atomic mass is 35.5. The highest BCUT2D eigenvalue weighted by molar-refractivity contribution is 7.80. The van der Waals surface area contributed by atoms with Crippen LogP contribution in [0.15, 0.2) is 35.2 Å². The zero-order valence-electron chi connectivity index (χ0n) is 8.11. The quantitative estimate of drug-likeness (QED) is 0.806. The first-order chi connectivity index (χ1) is 7.66. The molecular weight excluding hydrogens is 246 g/mol. The van der Waals surface area contributed by atoms with Gasteiger partial charge in [-0.1, -0.05) is 11.6 Å². The lowest BCUT2D eigenvalue weighted by atomic mass is 10.1. The van der Waals surface area contributed by atoms with Crippen LogP contribution in [0.1, 0.15) is 0 Å². The van der Waals surface area contributed by atoms with Crippen molar-refractivity contribution >= 4 is 34.6 Å². The van der Waals surface area contributed by atoms with Gasteiger partial charge in [-0.3, -0.25) is 0 Å². The Labute approximate surface area is 102 Å². The van der Waals surface area contributed by atoms with Gasteiger partial charge in [0.2, 0.25) is 0 Å². The van der Waals surface area contributed by atoms with E-state index in [9.17, 15) is 0 Å². The minimum Gasteiger partial charge on any atom is -0.443 e. The normalized spacial score (nSPS) is 10.1. The number of rotatable bonds is 2. The third kappa shape index (κ3) is 2.32. The third-order valence-corrected chi connectivity index (χ3v) is 2.36.